The zero-order valence-electron chi connectivity index (χ0n) is 19.5. The number of carbonyl (C=O) groups is 2. The van der Waals surface area contributed by atoms with E-state index in [1.807, 2.05) is 0 Å². The number of benzene rings is 3. The first-order valence-corrected chi connectivity index (χ1v) is 11.8. The number of esters is 1. The van der Waals surface area contributed by atoms with Crippen LogP contribution in [0.4, 0.5) is 8.78 Å². The standard InChI is InChI=1S/C27H23F2NO7/c28-19-10-17-23(12-21(19)32)36-24-13-22(33)20(29)11-18(24)27(17)16-9-14(5-6-15(16)26(35)37-27)25(34)30-7-3-1-2-4-8-31/h5-6,9-13,31-33H,1-4,7-8H2,(H,30,34). The lowest BCUT2D eigenvalue weighted by atomic mass is 9.77. The fraction of sp³-hybridized carbons (Fsp3) is 0.259. The van der Waals surface area contributed by atoms with Gasteiger partial charge in [-0.25, -0.2) is 13.6 Å². The number of ether oxygens (including phenoxy) is 2. The first-order valence-electron chi connectivity index (χ1n) is 11.8. The number of halogens is 2. The molecule has 2 aliphatic rings. The highest BCUT2D eigenvalue weighted by molar-refractivity contribution is 6.00. The van der Waals surface area contributed by atoms with Gasteiger partial charge < -0.3 is 30.1 Å². The largest absolute Gasteiger partial charge is 0.505 e. The predicted octanol–water partition coefficient (Wildman–Crippen LogP) is 4.23. The average Bonchev–Trinajstić information content (AvgIpc) is 3.16. The van der Waals surface area contributed by atoms with Gasteiger partial charge in [-0.1, -0.05) is 12.8 Å². The number of hydrogen-bond donors (Lipinski definition) is 4. The van der Waals surface area contributed by atoms with Gasteiger partial charge in [0.1, 0.15) is 11.5 Å². The summed E-state index contributed by atoms with van der Waals surface area (Å²) in [6.07, 6.45) is 3.08. The number of unbranched alkanes of at least 4 members (excludes halogenated alkanes) is 3. The van der Waals surface area contributed by atoms with E-state index in [2.05, 4.69) is 5.32 Å². The minimum atomic E-state index is -1.90. The molecule has 10 heteroatoms. The van der Waals surface area contributed by atoms with Crippen molar-refractivity contribution in [3.05, 3.63) is 81.9 Å². The third-order valence-electron chi connectivity index (χ3n) is 6.57. The van der Waals surface area contributed by atoms with Gasteiger partial charge >= 0.3 is 5.97 Å². The number of aliphatic hydroxyl groups is 1. The monoisotopic (exact) mass is 511 g/mol. The quantitative estimate of drug-likeness (QED) is 0.276. The predicted molar refractivity (Wildman–Crippen MR) is 126 cm³/mol. The van der Waals surface area contributed by atoms with Crippen molar-refractivity contribution in [1.82, 2.24) is 5.32 Å². The Bertz CT molecular complexity index is 1360. The van der Waals surface area contributed by atoms with Crippen LogP contribution in [0.3, 0.4) is 0 Å². The molecule has 2 aliphatic heterocycles. The van der Waals surface area contributed by atoms with E-state index in [9.17, 15) is 28.6 Å². The molecule has 0 bridgehead atoms. The van der Waals surface area contributed by atoms with Crippen molar-refractivity contribution in [2.75, 3.05) is 13.2 Å². The molecule has 3 aromatic rings. The molecule has 192 valence electrons. The van der Waals surface area contributed by atoms with E-state index in [1.54, 1.807) is 0 Å². The maximum absolute atomic E-state index is 14.6. The summed E-state index contributed by atoms with van der Waals surface area (Å²) >= 11 is 0. The number of amides is 1. The SMILES string of the molecule is O=C(NCCCCCCO)c1ccc2c(c1)C1(OC2=O)c2cc(F)c(O)cc2Oc2cc(O)c(F)cc21. The van der Waals surface area contributed by atoms with E-state index in [4.69, 9.17) is 14.6 Å². The molecule has 1 spiro atoms. The summed E-state index contributed by atoms with van der Waals surface area (Å²) in [5.41, 5.74) is -1.50. The van der Waals surface area contributed by atoms with Crippen molar-refractivity contribution in [3.63, 3.8) is 0 Å². The molecule has 0 saturated heterocycles. The summed E-state index contributed by atoms with van der Waals surface area (Å²) in [5.74, 6) is -4.84. The summed E-state index contributed by atoms with van der Waals surface area (Å²) in [7, 11) is 0. The fourth-order valence-electron chi connectivity index (χ4n) is 4.77. The molecule has 0 atom stereocenters. The number of carbonyl (C=O) groups excluding carboxylic acids is 2. The molecule has 3 aromatic carbocycles. The topological polar surface area (TPSA) is 125 Å². The van der Waals surface area contributed by atoms with E-state index < -0.39 is 40.6 Å². The van der Waals surface area contributed by atoms with Gasteiger partial charge in [-0.2, -0.15) is 0 Å². The Morgan fingerprint density at radius 3 is 2.11 bits per heavy atom. The zero-order chi connectivity index (χ0) is 26.3. The second-order valence-electron chi connectivity index (χ2n) is 8.93. The van der Waals surface area contributed by atoms with Crippen LogP contribution in [0.1, 0.15) is 63.1 Å². The van der Waals surface area contributed by atoms with E-state index >= 15 is 0 Å². The van der Waals surface area contributed by atoms with Crippen LogP contribution in [0.5, 0.6) is 23.0 Å². The molecule has 0 radical (unpaired) electrons. The van der Waals surface area contributed by atoms with Gasteiger partial charge in [0.15, 0.2) is 28.7 Å². The Morgan fingerprint density at radius 2 is 1.49 bits per heavy atom. The molecule has 0 aliphatic carbocycles. The first kappa shape index (κ1) is 24.5. The highest BCUT2D eigenvalue weighted by Crippen LogP contribution is 2.57. The second-order valence-corrected chi connectivity index (χ2v) is 8.93. The van der Waals surface area contributed by atoms with Gasteiger partial charge in [-0.15, -0.1) is 0 Å². The van der Waals surface area contributed by atoms with Crippen LogP contribution in [0, 0.1) is 11.6 Å². The van der Waals surface area contributed by atoms with Gasteiger partial charge in [0.25, 0.3) is 5.91 Å². The smallest absolute Gasteiger partial charge is 0.340 e. The fourth-order valence-corrected chi connectivity index (χ4v) is 4.77. The number of aromatic hydroxyl groups is 2. The molecular weight excluding hydrogens is 488 g/mol. The van der Waals surface area contributed by atoms with Crippen LogP contribution in [0.15, 0.2) is 42.5 Å². The minimum Gasteiger partial charge on any atom is -0.505 e. The third kappa shape index (κ3) is 4.03. The highest BCUT2D eigenvalue weighted by Gasteiger charge is 2.54. The molecule has 0 saturated carbocycles. The Morgan fingerprint density at radius 1 is 0.865 bits per heavy atom. The summed E-state index contributed by atoms with van der Waals surface area (Å²) in [4.78, 5) is 25.9. The lowest BCUT2D eigenvalue weighted by Crippen LogP contribution is -2.33. The van der Waals surface area contributed by atoms with E-state index in [1.165, 1.54) is 18.2 Å². The minimum absolute atomic E-state index is 0.0195. The number of phenolic OH excluding ortho intramolecular Hbond substituents is 2. The molecule has 37 heavy (non-hydrogen) atoms. The zero-order valence-corrected chi connectivity index (χ0v) is 19.5. The maximum atomic E-state index is 14.6. The molecule has 1 amide bonds. The van der Waals surface area contributed by atoms with Crippen LogP contribution < -0.4 is 10.1 Å². The number of aliphatic hydroxyl groups excluding tert-OH is 1. The van der Waals surface area contributed by atoms with Crippen LogP contribution in [-0.4, -0.2) is 40.3 Å². The third-order valence-corrected chi connectivity index (χ3v) is 6.57. The Hall–Kier alpha value is -4.18. The molecule has 0 unspecified atom stereocenters. The van der Waals surface area contributed by atoms with Crippen LogP contribution in [-0.2, 0) is 10.3 Å². The lowest BCUT2D eigenvalue weighted by molar-refractivity contribution is 0.0221. The van der Waals surface area contributed by atoms with Crippen molar-refractivity contribution >= 4 is 11.9 Å². The van der Waals surface area contributed by atoms with E-state index in [0.717, 1.165) is 37.1 Å². The highest BCUT2D eigenvalue weighted by atomic mass is 19.1. The Labute approximate surface area is 210 Å². The molecule has 2 heterocycles. The number of fused-ring (bicyclic) bond motifs is 6. The van der Waals surface area contributed by atoms with Gasteiger partial charge in [0.2, 0.25) is 0 Å². The lowest BCUT2D eigenvalue weighted by Gasteiger charge is -2.36. The molecule has 0 aromatic heterocycles. The van der Waals surface area contributed by atoms with Gasteiger partial charge in [0, 0.05) is 36.4 Å². The van der Waals surface area contributed by atoms with Gasteiger partial charge in [-0.05, 0) is 43.2 Å². The Balaban J connectivity index is 1.60. The van der Waals surface area contributed by atoms with Gasteiger partial charge in [0.05, 0.1) is 16.7 Å². The summed E-state index contributed by atoms with van der Waals surface area (Å²) < 4.78 is 40.6. The molecule has 8 nitrogen and oxygen atoms in total. The van der Waals surface area contributed by atoms with Crippen LogP contribution in [0.2, 0.25) is 0 Å². The Kier molecular flexibility index (Phi) is 6.20. The maximum Gasteiger partial charge on any atom is 0.340 e. The number of rotatable bonds is 7. The number of phenols is 2. The van der Waals surface area contributed by atoms with Crippen molar-refractivity contribution in [3.8, 4) is 23.0 Å². The summed E-state index contributed by atoms with van der Waals surface area (Å²) in [6.45, 7) is 0.519. The van der Waals surface area contributed by atoms with Crippen molar-refractivity contribution in [1.29, 1.82) is 0 Å². The van der Waals surface area contributed by atoms with Gasteiger partial charge in [-0.3, -0.25) is 4.79 Å². The summed E-state index contributed by atoms with van der Waals surface area (Å²) in [5, 5.41) is 31.5. The first-order chi connectivity index (χ1) is 17.8. The normalized spacial score (nSPS) is 14.4. The van der Waals surface area contributed by atoms with Crippen molar-refractivity contribution < 1.29 is 43.2 Å². The van der Waals surface area contributed by atoms with Crippen LogP contribution >= 0.6 is 0 Å². The van der Waals surface area contributed by atoms with E-state index in [0.29, 0.717) is 19.4 Å². The molecule has 4 N–H and O–H groups in total. The number of hydrogen-bond acceptors (Lipinski definition) is 7. The number of nitrogens with one attached hydrogen (secondary N) is 1. The average molecular weight is 511 g/mol. The van der Waals surface area contributed by atoms with E-state index in [-0.39, 0.29) is 45.9 Å². The molecular formula is C27H23F2NO7. The van der Waals surface area contributed by atoms with Crippen molar-refractivity contribution in [2.24, 2.45) is 0 Å². The van der Waals surface area contributed by atoms with Crippen molar-refractivity contribution in [2.45, 2.75) is 31.3 Å². The van der Waals surface area contributed by atoms with Crippen LogP contribution in [0.25, 0.3) is 0 Å². The molecule has 5 rings (SSSR count). The molecule has 0 fully saturated rings. The second kappa shape index (κ2) is 9.36. The summed E-state index contributed by atoms with van der Waals surface area (Å²) in [6, 6.07) is 8.14.